The van der Waals surface area contributed by atoms with Crippen molar-refractivity contribution in [1.29, 1.82) is 0 Å². The molecule has 1 aromatic heterocycles. The molecule has 1 fully saturated rings. The molecular weight excluding hydrogens is 436 g/mol. The number of amides is 2. The van der Waals surface area contributed by atoms with E-state index in [1.807, 2.05) is 43.3 Å². The molecule has 0 spiro atoms. The first-order valence-corrected chi connectivity index (χ1v) is 12.8. The van der Waals surface area contributed by atoms with E-state index in [4.69, 9.17) is 4.98 Å². The van der Waals surface area contributed by atoms with Crippen molar-refractivity contribution in [2.75, 3.05) is 23.3 Å². The molecule has 1 aliphatic rings. The average molecular weight is 473 g/mol. The van der Waals surface area contributed by atoms with Crippen molar-refractivity contribution in [3.8, 4) is 0 Å². The Kier molecular flexibility index (Phi) is 8.35. The Bertz CT molecular complexity index is 1160. The highest BCUT2D eigenvalue weighted by atomic mass is 16.2. The standard InChI is InChI=1S/C29H36N4O2/c1-21-19-27(33-17-7-4-8-18-33)32-26-14-13-24(20-25(21)26)31-29(35)16-15-28(34)30-22(2)11-12-23-9-5-3-6-10-23/h3,5-6,9-10,13-14,19-20,22H,4,7-8,11-12,15-18H2,1-2H3,(H,30,34)(H,31,35)/t22-/m0/s1. The summed E-state index contributed by atoms with van der Waals surface area (Å²) in [4.78, 5) is 32.0. The zero-order valence-corrected chi connectivity index (χ0v) is 20.8. The van der Waals surface area contributed by atoms with Crippen molar-refractivity contribution < 1.29 is 9.59 Å². The molecule has 2 heterocycles. The molecule has 35 heavy (non-hydrogen) atoms. The molecule has 1 aliphatic heterocycles. The van der Waals surface area contributed by atoms with E-state index in [2.05, 4.69) is 40.7 Å². The van der Waals surface area contributed by atoms with Gasteiger partial charge in [-0.05, 0) is 81.3 Å². The molecule has 6 heteroatoms. The lowest BCUT2D eigenvalue weighted by Crippen LogP contribution is -2.33. The van der Waals surface area contributed by atoms with Gasteiger partial charge in [-0.15, -0.1) is 0 Å². The Morgan fingerprint density at radius 3 is 2.49 bits per heavy atom. The Morgan fingerprint density at radius 2 is 1.71 bits per heavy atom. The minimum Gasteiger partial charge on any atom is -0.357 e. The van der Waals surface area contributed by atoms with Crippen LogP contribution in [0.3, 0.4) is 0 Å². The fraction of sp³-hybridized carbons (Fsp3) is 0.414. The van der Waals surface area contributed by atoms with Crippen LogP contribution in [-0.4, -0.2) is 35.9 Å². The van der Waals surface area contributed by atoms with Crippen molar-refractivity contribution in [2.24, 2.45) is 0 Å². The van der Waals surface area contributed by atoms with Crippen LogP contribution in [0.15, 0.2) is 54.6 Å². The summed E-state index contributed by atoms with van der Waals surface area (Å²) in [6.07, 6.45) is 5.84. The summed E-state index contributed by atoms with van der Waals surface area (Å²) in [5.74, 6) is 0.784. The number of carbonyl (C=O) groups excluding carboxylic acids is 2. The van der Waals surface area contributed by atoms with E-state index in [0.29, 0.717) is 0 Å². The van der Waals surface area contributed by atoms with Crippen LogP contribution < -0.4 is 15.5 Å². The molecule has 2 amide bonds. The predicted octanol–water partition coefficient (Wildman–Crippen LogP) is 5.39. The van der Waals surface area contributed by atoms with Crippen LogP contribution in [0.4, 0.5) is 11.5 Å². The van der Waals surface area contributed by atoms with E-state index >= 15 is 0 Å². The van der Waals surface area contributed by atoms with Crippen molar-refractivity contribution >= 4 is 34.2 Å². The van der Waals surface area contributed by atoms with E-state index in [-0.39, 0.29) is 30.7 Å². The van der Waals surface area contributed by atoms with Gasteiger partial charge in [0.2, 0.25) is 11.8 Å². The third-order valence-electron chi connectivity index (χ3n) is 6.66. The molecule has 0 unspecified atom stereocenters. The number of aryl methyl sites for hydroxylation is 2. The monoisotopic (exact) mass is 472 g/mol. The number of nitrogens with one attached hydrogen (secondary N) is 2. The first-order chi connectivity index (χ1) is 17.0. The van der Waals surface area contributed by atoms with Crippen LogP contribution in [0.2, 0.25) is 0 Å². The van der Waals surface area contributed by atoms with Crippen molar-refractivity contribution in [1.82, 2.24) is 10.3 Å². The maximum Gasteiger partial charge on any atom is 0.224 e. The van der Waals surface area contributed by atoms with Crippen molar-refractivity contribution in [3.05, 3.63) is 65.7 Å². The molecule has 1 atom stereocenters. The van der Waals surface area contributed by atoms with Gasteiger partial charge in [-0.25, -0.2) is 4.98 Å². The van der Waals surface area contributed by atoms with Gasteiger partial charge in [-0.3, -0.25) is 9.59 Å². The molecule has 0 bridgehead atoms. The average Bonchev–Trinajstić information content (AvgIpc) is 2.87. The van der Waals surface area contributed by atoms with Crippen LogP contribution in [0.5, 0.6) is 0 Å². The molecule has 0 radical (unpaired) electrons. The molecule has 0 aliphatic carbocycles. The smallest absolute Gasteiger partial charge is 0.224 e. The van der Waals surface area contributed by atoms with E-state index in [0.717, 1.165) is 53.9 Å². The zero-order valence-electron chi connectivity index (χ0n) is 20.8. The molecule has 2 aromatic carbocycles. The third kappa shape index (κ3) is 7.04. The van der Waals surface area contributed by atoms with Gasteiger partial charge in [0, 0.05) is 43.0 Å². The molecule has 184 valence electrons. The second kappa shape index (κ2) is 11.8. The third-order valence-corrected chi connectivity index (χ3v) is 6.66. The van der Waals surface area contributed by atoms with E-state index in [1.165, 1.54) is 24.8 Å². The summed E-state index contributed by atoms with van der Waals surface area (Å²) in [6.45, 7) is 6.21. The molecule has 4 rings (SSSR count). The van der Waals surface area contributed by atoms with Gasteiger partial charge in [0.25, 0.3) is 0 Å². The van der Waals surface area contributed by atoms with Gasteiger partial charge >= 0.3 is 0 Å². The normalized spacial score (nSPS) is 14.5. The molecule has 3 aromatic rings. The number of aromatic nitrogens is 1. The Balaban J connectivity index is 1.26. The van der Waals surface area contributed by atoms with Crippen LogP contribution in [0.1, 0.15) is 56.6 Å². The van der Waals surface area contributed by atoms with Crippen LogP contribution in [0.25, 0.3) is 10.9 Å². The zero-order chi connectivity index (χ0) is 24.6. The number of anilines is 2. The predicted molar refractivity (Wildman–Crippen MR) is 143 cm³/mol. The molecule has 0 saturated carbocycles. The van der Waals surface area contributed by atoms with Crippen LogP contribution in [-0.2, 0) is 16.0 Å². The van der Waals surface area contributed by atoms with Crippen LogP contribution >= 0.6 is 0 Å². The Morgan fingerprint density at radius 1 is 0.971 bits per heavy atom. The van der Waals surface area contributed by atoms with Gasteiger partial charge < -0.3 is 15.5 Å². The van der Waals surface area contributed by atoms with Gasteiger partial charge in [-0.2, -0.15) is 0 Å². The number of rotatable bonds is 9. The highest BCUT2D eigenvalue weighted by Crippen LogP contribution is 2.27. The molecule has 1 saturated heterocycles. The van der Waals surface area contributed by atoms with Gasteiger partial charge in [-0.1, -0.05) is 30.3 Å². The second-order valence-corrected chi connectivity index (χ2v) is 9.62. The number of pyridine rings is 1. The SMILES string of the molecule is Cc1cc(N2CCCCC2)nc2ccc(NC(=O)CCC(=O)N[C@@H](C)CCc3ccccc3)cc12. The maximum absolute atomic E-state index is 12.5. The largest absolute Gasteiger partial charge is 0.357 e. The van der Waals surface area contributed by atoms with E-state index in [9.17, 15) is 9.59 Å². The summed E-state index contributed by atoms with van der Waals surface area (Å²) >= 11 is 0. The second-order valence-electron chi connectivity index (χ2n) is 9.62. The summed E-state index contributed by atoms with van der Waals surface area (Å²) < 4.78 is 0. The fourth-order valence-electron chi connectivity index (χ4n) is 4.64. The summed E-state index contributed by atoms with van der Waals surface area (Å²) in [5.41, 5.74) is 4.08. The summed E-state index contributed by atoms with van der Waals surface area (Å²) in [6, 6.07) is 18.3. The van der Waals surface area contributed by atoms with Gasteiger partial charge in [0.1, 0.15) is 5.82 Å². The number of carbonyl (C=O) groups is 2. The number of benzene rings is 2. The molecule has 2 N–H and O–H groups in total. The van der Waals surface area contributed by atoms with E-state index < -0.39 is 0 Å². The van der Waals surface area contributed by atoms with Gasteiger partial charge in [0.15, 0.2) is 0 Å². The Labute approximate surface area is 208 Å². The quantitative estimate of drug-likeness (QED) is 0.438. The lowest BCUT2D eigenvalue weighted by molar-refractivity contribution is -0.124. The number of hydrogen-bond acceptors (Lipinski definition) is 4. The van der Waals surface area contributed by atoms with Gasteiger partial charge in [0.05, 0.1) is 5.52 Å². The number of nitrogens with zero attached hydrogens (tertiary/aromatic N) is 2. The lowest BCUT2D eigenvalue weighted by Gasteiger charge is -2.28. The lowest BCUT2D eigenvalue weighted by atomic mass is 10.1. The number of fused-ring (bicyclic) bond motifs is 1. The van der Waals surface area contributed by atoms with Crippen molar-refractivity contribution in [3.63, 3.8) is 0 Å². The number of piperidine rings is 1. The topological polar surface area (TPSA) is 74.3 Å². The molecule has 6 nitrogen and oxygen atoms in total. The Hall–Kier alpha value is -3.41. The highest BCUT2D eigenvalue weighted by Gasteiger charge is 2.15. The molecular formula is C29H36N4O2. The first-order valence-electron chi connectivity index (χ1n) is 12.8. The summed E-state index contributed by atoms with van der Waals surface area (Å²) in [5, 5.41) is 6.98. The fourth-order valence-corrected chi connectivity index (χ4v) is 4.64. The minimum absolute atomic E-state index is 0.0663. The maximum atomic E-state index is 12.5. The summed E-state index contributed by atoms with van der Waals surface area (Å²) in [7, 11) is 0. The minimum atomic E-state index is -0.160. The highest BCUT2D eigenvalue weighted by molar-refractivity contribution is 5.96. The van der Waals surface area contributed by atoms with E-state index in [1.54, 1.807) is 0 Å². The van der Waals surface area contributed by atoms with Crippen molar-refractivity contribution in [2.45, 2.75) is 64.8 Å². The van der Waals surface area contributed by atoms with Crippen LogP contribution in [0, 0.1) is 6.92 Å². The number of hydrogen-bond donors (Lipinski definition) is 2. The first kappa shape index (κ1) is 24.7.